The predicted octanol–water partition coefficient (Wildman–Crippen LogP) is 3.54. The van der Waals surface area contributed by atoms with E-state index >= 15 is 0 Å². The van der Waals surface area contributed by atoms with Crippen LogP contribution < -0.4 is 14.8 Å². The Kier molecular flexibility index (Phi) is 4.96. The average Bonchev–Trinajstić information content (AvgIpc) is 2.64. The molecule has 0 saturated carbocycles. The summed E-state index contributed by atoms with van der Waals surface area (Å²) in [5.74, 6) is 1.30. The third-order valence-electron chi connectivity index (χ3n) is 3.71. The minimum absolute atomic E-state index is 0.0116. The quantitative estimate of drug-likeness (QED) is 0.755. The van der Waals surface area contributed by atoms with Gasteiger partial charge in [-0.3, -0.25) is 4.79 Å². The van der Waals surface area contributed by atoms with Gasteiger partial charge in [0.05, 0.1) is 7.11 Å². The van der Waals surface area contributed by atoms with Crippen LogP contribution >= 0.6 is 0 Å². The summed E-state index contributed by atoms with van der Waals surface area (Å²) < 4.78 is 10.7. The maximum absolute atomic E-state index is 11.9. The number of benzene rings is 3. The number of ether oxygens (including phenoxy) is 2. The summed E-state index contributed by atoms with van der Waals surface area (Å²) in [6, 6.07) is 21.4. The molecule has 0 bridgehead atoms. The Morgan fingerprint density at radius 2 is 1.75 bits per heavy atom. The summed E-state index contributed by atoms with van der Waals surface area (Å²) >= 11 is 0. The van der Waals surface area contributed by atoms with Crippen molar-refractivity contribution >= 4 is 16.7 Å². The zero-order valence-corrected chi connectivity index (χ0v) is 13.5. The maximum Gasteiger partial charge on any atom is 0.258 e. The van der Waals surface area contributed by atoms with Crippen LogP contribution in [-0.4, -0.2) is 19.6 Å². The second-order valence-electron chi connectivity index (χ2n) is 5.43. The van der Waals surface area contributed by atoms with Gasteiger partial charge in [0, 0.05) is 6.54 Å². The Morgan fingerprint density at radius 3 is 2.58 bits per heavy atom. The molecule has 24 heavy (non-hydrogen) atoms. The average molecular weight is 321 g/mol. The van der Waals surface area contributed by atoms with Gasteiger partial charge in [-0.15, -0.1) is 0 Å². The van der Waals surface area contributed by atoms with Crippen molar-refractivity contribution in [3.8, 4) is 11.5 Å². The molecule has 0 aliphatic heterocycles. The van der Waals surface area contributed by atoms with E-state index in [-0.39, 0.29) is 12.5 Å². The van der Waals surface area contributed by atoms with Crippen LogP contribution in [0.1, 0.15) is 5.56 Å². The number of methoxy groups -OCH3 is 1. The highest BCUT2D eigenvalue weighted by molar-refractivity contribution is 5.84. The summed E-state index contributed by atoms with van der Waals surface area (Å²) in [4.78, 5) is 11.9. The molecular formula is C20H19NO3. The first kappa shape index (κ1) is 15.9. The van der Waals surface area contributed by atoms with Gasteiger partial charge in [-0.2, -0.15) is 0 Å². The van der Waals surface area contributed by atoms with Gasteiger partial charge in [0.2, 0.25) is 0 Å². The summed E-state index contributed by atoms with van der Waals surface area (Å²) in [5, 5.41) is 5.07. The number of amides is 1. The lowest BCUT2D eigenvalue weighted by atomic mass is 10.1. The van der Waals surface area contributed by atoms with E-state index in [1.165, 1.54) is 0 Å². The lowest BCUT2D eigenvalue weighted by Gasteiger charge is -2.09. The molecule has 1 N–H and O–H groups in total. The van der Waals surface area contributed by atoms with E-state index in [1.54, 1.807) is 7.11 Å². The molecule has 4 heteroatoms. The molecule has 0 aromatic heterocycles. The van der Waals surface area contributed by atoms with Gasteiger partial charge in [-0.25, -0.2) is 0 Å². The first-order valence-corrected chi connectivity index (χ1v) is 7.76. The smallest absolute Gasteiger partial charge is 0.258 e. The van der Waals surface area contributed by atoms with Crippen LogP contribution in [0.25, 0.3) is 10.8 Å². The topological polar surface area (TPSA) is 47.6 Å². The fourth-order valence-corrected chi connectivity index (χ4v) is 2.44. The molecule has 122 valence electrons. The molecule has 3 rings (SSSR count). The molecule has 4 nitrogen and oxygen atoms in total. The summed E-state index contributed by atoms with van der Waals surface area (Å²) in [7, 11) is 1.62. The monoisotopic (exact) mass is 321 g/mol. The molecule has 1 amide bonds. The number of carbonyl (C=O) groups excluding carboxylic acids is 1. The van der Waals surface area contributed by atoms with Gasteiger partial charge < -0.3 is 14.8 Å². The number of fused-ring (bicyclic) bond motifs is 1. The highest BCUT2D eigenvalue weighted by Gasteiger charge is 2.04. The molecule has 0 unspecified atom stereocenters. The van der Waals surface area contributed by atoms with Crippen LogP contribution in [0.15, 0.2) is 66.7 Å². The lowest BCUT2D eigenvalue weighted by Crippen LogP contribution is -2.28. The molecule has 0 fully saturated rings. The van der Waals surface area contributed by atoms with E-state index in [4.69, 9.17) is 9.47 Å². The second-order valence-corrected chi connectivity index (χ2v) is 5.43. The standard InChI is InChI=1S/C20H19NO3/c1-23-18-8-4-5-15(11-18)13-21-20(22)14-24-19-10-9-16-6-2-3-7-17(16)12-19/h2-12H,13-14H2,1H3,(H,21,22). The highest BCUT2D eigenvalue weighted by Crippen LogP contribution is 2.20. The summed E-state index contributed by atoms with van der Waals surface area (Å²) in [6.45, 7) is 0.430. The SMILES string of the molecule is COc1cccc(CNC(=O)COc2ccc3ccccc3c2)c1. The van der Waals surface area contributed by atoms with Gasteiger partial charge >= 0.3 is 0 Å². The molecule has 3 aromatic rings. The zero-order chi connectivity index (χ0) is 16.8. The van der Waals surface area contributed by atoms with Crippen LogP contribution in [0.3, 0.4) is 0 Å². The molecule has 0 spiro atoms. The number of rotatable bonds is 6. The Morgan fingerprint density at radius 1 is 0.917 bits per heavy atom. The van der Waals surface area contributed by atoms with Gasteiger partial charge in [0.25, 0.3) is 5.91 Å². The molecule has 0 aliphatic rings. The predicted molar refractivity (Wildman–Crippen MR) is 94.3 cm³/mol. The zero-order valence-electron chi connectivity index (χ0n) is 13.5. The van der Waals surface area contributed by atoms with Crippen LogP contribution in [0.2, 0.25) is 0 Å². The molecule has 0 atom stereocenters. The second kappa shape index (κ2) is 7.51. The normalized spacial score (nSPS) is 10.4. The van der Waals surface area contributed by atoms with Crippen LogP contribution in [-0.2, 0) is 11.3 Å². The van der Waals surface area contributed by atoms with Crippen LogP contribution in [0, 0.1) is 0 Å². The van der Waals surface area contributed by atoms with Crippen LogP contribution in [0.4, 0.5) is 0 Å². The number of carbonyl (C=O) groups is 1. The number of hydrogen-bond donors (Lipinski definition) is 1. The van der Waals surface area contributed by atoms with Crippen molar-refractivity contribution in [1.82, 2.24) is 5.32 Å². The molecular weight excluding hydrogens is 302 g/mol. The fraction of sp³-hybridized carbons (Fsp3) is 0.150. The highest BCUT2D eigenvalue weighted by atomic mass is 16.5. The number of nitrogens with one attached hydrogen (secondary N) is 1. The van der Waals surface area contributed by atoms with Crippen molar-refractivity contribution in [3.05, 3.63) is 72.3 Å². The van der Waals surface area contributed by atoms with Gasteiger partial charge in [-0.1, -0.05) is 42.5 Å². The first-order chi connectivity index (χ1) is 11.7. The lowest BCUT2D eigenvalue weighted by molar-refractivity contribution is -0.123. The van der Waals surface area contributed by atoms with E-state index in [1.807, 2.05) is 66.7 Å². The minimum Gasteiger partial charge on any atom is -0.497 e. The van der Waals surface area contributed by atoms with Crippen molar-refractivity contribution in [2.45, 2.75) is 6.54 Å². The largest absolute Gasteiger partial charge is 0.497 e. The molecule has 0 aliphatic carbocycles. The Bertz CT molecular complexity index is 845. The van der Waals surface area contributed by atoms with Gasteiger partial charge in [0.1, 0.15) is 11.5 Å². The Labute approximate surface area is 141 Å². The maximum atomic E-state index is 11.9. The van der Waals surface area contributed by atoms with Crippen molar-refractivity contribution in [2.75, 3.05) is 13.7 Å². The van der Waals surface area contributed by atoms with Crippen LogP contribution in [0.5, 0.6) is 11.5 Å². The van der Waals surface area contributed by atoms with E-state index in [2.05, 4.69) is 5.32 Å². The van der Waals surface area contributed by atoms with Crippen molar-refractivity contribution < 1.29 is 14.3 Å². The first-order valence-electron chi connectivity index (χ1n) is 7.76. The number of hydrogen-bond acceptors (Lipinski definition) is 3. The van der Waals surface area contributed by atoms with E-state index < -0.39 is 0 Å². The molecule has 0 saturated heterocycles. The molecule has 0 heterocycles. The molecule has 3 aromatic carbocycles. The summed E-state index contributed by atoms with van der Waals surface area (Å²) in [5.41, 5.74) is 0.980. The van der Waals surface area contributed by atoms with Crippen molar-refractivity contribution in [2.24, 2.45) is 0 Å². The fourth-order valence-electron chi connectivity index (χ4n) is 2.44. The summed E-state index contributed by atoms with van der Waals surface area (Å²) in [6.07, 6.45) is 0. The van der Waals surface area contributed by atoms with E-state index in [0.29, 0.717) is 12.3 Å². The Balaban J connectivity index is 1.52. The van der Waals surface area contributed by atoms with Gasteiger partial charge in [0.15, 0.2) is 6.61 Å². The minimum atomic E-state index is -0.161. The van der Waals surface area contributed by atoms with E-state index in [0.717, 1.165) is 22.1 Å². The van der Waals surface area contributed by atoms with Crippen molar-refractivity contribution in [1.29, 1.82) is 0 Å². The Hall–Kier alpha value is -3.01. The third-order valence-corrected chi connectivity index (χ3v) is 3.71. The molecule has 0 radical (unpaired) electrons. The third kappa shape index (κ3) is 4.04. The van der Waals surface area contributed by atoms with E-state index in [9.17, 15) is 4.79 Å². The van der Waals surface area contributed by atoms with Crippen molar-refractivity contribution in [3.63, 3.8) is 0 Å². The van der Waals surface area contributed by atoms with Gasteiger partial charge in [-0.05, 0) is 40.6 Å².